The molecule has 1 aromatic heterocycles. The quantitative estimate of drug-likeness (QED) is 0.876. The number of aliphatic hydroxyl groups excluding tert-OH is 1. The van der Waals surface area contributed by atoms with Crippen LogP contribution in [0.1, 0.15) is 22.1 Å². The van der Waals surface area contributed by atoms with Crippen LogP contribution in [-0.4, -0.2) is 5.11 Å². The van der Waals surface area contributed by atoms with Crippen LogP contribution in [0.4, 0.5) is 0 Å². The molecule has 1 atom stereocenters. The van der Waals surface area contributed by atoms with Crippen LogP contribution in [-0.2, 0) is 6.42 Å². The summed E-state index contributed by atoms with van der Waals surface area (Å²) in [5.74, 6) is 0. The topological polar surface area (TPSA) is 20.2 Å². The molecule has 1 unspecified atom stereocenters. The Bertz CT molecular complexity index is 478. The van der Waals surface area contributed by atoms with Gasteiger partial charge in [-0.3, -0.25) is 0 Å². The molecule has 0 spiro atoms. The van der Waals surface area contributed by atoms with E-state index in [1.807, 2.05) is 29.6 Å². The van der Waals surface area contributed by atoms with Crippen molar-refractivity contribution in [1.82, 2.24) is 0 Å². The van der Waals surface area contributed by atoms with Gasteiger partial charge in [-0.05, 0) is 29.5 Å². The lowest BCUT2D eigenvalue weighted by molar-refractivity contribution is 0.182. The maximum absolute atomic E-state index is 10.1. The maximum atomic E-state index is 10.1. The number of halogens is 1. The largest absolute Gasteiger partial charge is 0.387 e. The van der Waals surface area contributed by atoms with E-state index < -0.39 is 6.10 Å². The fraction of sp³-hybridized carbons (Fsp3) is 0.231. The Labute approximate surface area is 104 Å². The predicted octanol–water partition coefficient (Wildman–Crippen LogP) is 3.99. The summed E-state index contributed by atoms with van der Waals surface area (Å²) in [6.07, 6.45) is 0.112. The van der Waals surface area contributed by atoms with E-state index in [0.717, 1.165) is 4.88 Å². The van der Waals surface area contributed by atoms with E-state index in [0.29, 0.717) is 11.4 Å². The van der Waals surface area contributed by atoms with Crippen LogP contribution in [0.3, 0.4) is 0 Å². The van der Waals surface area contributed by atoms with E-state index in [-0.39, 0.29) is 0 Å². The fourth-order valence-electron chi connectivity index (χ4n) is 1.68. The number of thiophene rings is 1. The third-order valence-corrected chi connectivity index (χ3v) is 4.08. The summed E-state index contributed by atoms with van der Waals surface area (Å²) in [5.41, 5.74) is 2.37. The van der Waals surface area contributed by atoms with Crippen molar-refractivity contribution in [1.29, 1.82) is 0 Å². The molecule has 0 radical (unpaired) electrons. The van der Waals surface area contributed by atoms with E-state index in [4.69, 9.17) is 11.6 Å². The minimum atomic E-state index is -0.506. The van der Waals surface area contributed by atoms with Gasteiger partial charge in [0.1, 0.15) is 0 Å². The first-order chi connectivity index (χ1) is 7.68. The molecule has 84 valence electrons. The van der Waals surface area contributed by atoms with Gasteiger partial charge in [0.25, 0.3) is 0 Å². The van der Waals surface area contributed by atoms with Gasteiger partial charge in [-0.2, -0.15) is 0 Å². The van der Waals surface area contributed by atoms with Gasteiger partial charge < -0.3 is 5.11 Å². The monoisotopic (exact) mass is 252 g/mol. The summed E-state index contributed by atoms with van der Waals surface area (Å²) in [5, 5.41) is 12.7. The molecule has 0 saturated carbocycles. The van der Waals surface area contributed by atoms with Crippen LogP contribution >= 0.6 is 22.9 Å². The van der Waals surface area contributed by atoms with Crippen molar-refractivity contribution in [2.45, 2.75) is 19.4 Å². The van der Waals surface area contributed by atoms with Gasteiger partial charge in [0.15, 0.2) is 0 Å². The highest BCUT2D eigenvalue weighted by atomic mass is 35.5. The fourth-order valence-corrected chi connectivity index (χ4v) is 2.85. The molecule has 16 heavy (non-hydrogen) atoms. The van der Waals surface area contributed by atoms with Gasteiger partial charge >= 0.3 is 0 Å². The van der Waals surface area contributed by atoms with Gasteiger partial charge in [0, 0.05) is 6.42 Å². The van der Waals surface area contributed by atoms with Gasteiger partial charge in [-0.25, -0.2) is 0 Å². The van der Waals surface area contributed by atoms with E-state index in [2.05, 4.69) is 13.0 Å². The standard InChI is InChI=1S/C13H13ClOS/c1-9-4-2-3-5-10(9)8-12(15)13-11(14)6-7-16-13/h2-7,12,15H,8H2,1H3. The summed E-state index contributed by atoms with van der Waals surface area (Å²) >= 11 is 7.49. The van der Waals surface area contributed by atoms with Gasteiger partial charge in [-0.15, -0.1) is 11.3 Å². The number of benzene rings is 1. The van der Waals surface area contributed by atoms with Crippen molar-refractivity contribution in [3.8, 4) is 0 Å². The minimum Gasteiger partial charge on any atom is -0.387 e. The normalized spacial score (nSPS) is 12.7. The number of aliphatic hydroxyl groups is 1. The highest BCUT2D eigenvalue weighted by Crippen LogP contribution is 2.31. The maximum Gasteiger partial charge on any atom is 0.0937 e. The summed E-state index contributed by atoms with van der Waals surface area (Å²) in [4.78, 5) is 0.852. The average Bonchev–Trinajstić information content (AvgIpc) is 2.68. The highest BCUT2D eigenvalue weighted by molar-refractivity contribution is 7.10. The van der Waals surface area contributed by atoms with E-state index in [1.165, 1.54) is 22.5 Å². The minimum absolute atomic E-state index is 0.506. The Balaban J connectivity index is 2.17. The second kappa shape index (κ2) is 5.00. The first kappa shape index (κ1) is 11.6. The van der Waals surface area contributed by atoms with Crippen LogP contribution in [0, 0.1) is 6.92 Å². The summed E-state index contributed by atoms with van der Waals surface area (Å²) in [6, 6.07) is 9.91. The molecule has 2 aromatic rings. The van der Waals surface area contributed by atoms with Gasteiger partial charge in [0.2, 0.25) is 0 Å². The molecule has 1 N–H and O–H groups in total. The third-order valence-electron chi connectivity index (χ3n) is 2.62. The first-order valence-electron chi connectivity index (χ1n) is 5.14. The molecule has 2 rings (SSSR count). The smallest absolute Gasteiger partial charge is 0.0937 e. The SMILES string of the molecule is Cc1ccccc1CC(O)c1sccc1Cl. The van der Waals surface area contributed by atoms with E-state index in [9.17, 15) is 5.11 Å². The van der Waals surface area contributed by atoms with E-state index in [1.54, 1.807) is 0 Å². The second-order valence-corrected chi connectivity index (χ2v) is 5.13. The lowest BCUT2D eigenvalue weighted by Gasteiger charge is -2.11. The molecule has 1 nitrogen and oxygen atoms in total. The van der Waals surface area contributed by atoms with Crippen molar-refractivity contribution in [2.24, 2.45) is 0 Å². The molecule has 0 fully saturated rings. The van der Waals surface area contributed by atoms with E-state index >= 15 is 0 Å². The zero-order valence-corrected chi connectivity index (χ0v) is 10.6. The third kappa shape index (κ3) is 2.46. The second-order valence-electron chi connectivity index (χ2n) is 3.78. The zero-order valence-electron chi connectivity index (χ0n) is 8.98. The van der Waals surface area contributed by atoms with Crippen molar-refractivity contribution in [3.05, 3.63) is 56.7 Å². The zero-order chi connectivity index (χ0) is 11.5. The Morgan fingerprint density at radius 2 is 2.06 bits per heavy atom. The lowest BCUT2D eigenvalue weighted by Crippen LogP contribution is -2.01. The average molecular weight is 253 g/mol. The molecular weight excluding hydrogens is 240 g/mol. The molecular formula is C13H13ClOS. The molecule has 1 heterocycles. The summed E-state index contributed by atoms with van der Waals surface area (Å²) in [6.45, 7) is 2.05. The Hall–Kier alpha value is -0.830. The molecule has 0 aliphatic carbocycles. The Kier molecular flexibility index (Phi) is 3.64. The highest BCUT2D eigenvalue weighted by Gasteiger charge is 2.14. The van der Waals surface area contributed by atoms with Crippen molar-refractivity contribution < 1.29 is 5.11 Å². The van der Waals surface area contributed by atoms with Gasteiger partial charge in [0.05, 0.1) is 16.0 Å². The van der Waals surface area contributed by atoms with Crippen molar-refractivity contribution >= 4 is 22.9 Å². The molecule has 0 saturated heterocycles. The molecule has 0 aliphatic heterocycles. The molecule has 0 aliphatic rings. The Morgan fingerprint density at radius 3 is 2.69 bits per heavy atom. The molecule has 1 aromatic carbocycles. The number of rotatable bonds is 3. The first-order valence-corrected chi connectivity index (χ1v) is 6.39. The Morgan fingerprint density at radius 1 is 1.31 bits per heavy atom. The number of aryl methyl sites for hydroxylation is 1. The number of hydrogen-bond acceptors (Lipinski definition) is 2. The molecule has 3 heteroatoms. The van der Waals surface area contributed by atoms with Crippen LogP contribution in [0.15, 0.2) is 35.7 Å². The van der Waals surface area contributed by atoms with Crippen molar-refractivity contribution in [3.63, 3.8) is 0 Å². The lowest BCUT2D eigenvalue weighted by atomic mass is 10.0. The van der Waals surface area contributed by atoms with Crippen LogP contribution in [0.2, 0.25) is 5.02 Å². The molecule has 0 amide bonds. The van der Waals surface area contributed by atoms with Crippen LogP contribution in [0.5, 0.6) is 0 Å². The number of hydrogen-bond donors (Lipinski definition) is 1. The predicted molar refractivity (Wildman–Crippen MR) is 69.2 cm³/mol. The van der Waals surface area contributed by atoms with Crippen LogP contribution in [0.25, 0.3) is 0 Å². The summed E-state index contributed by atoms with van der Waals surface area (Å²) in [7, 11) is 0. The van der Waals surface area contributed by atoms with Crippen molar-refractivity contribution in [2.75, 3.05) is 0 Å². The molecule has 0 bridgehead atoms. The summed E-state index contributed by atoms with van der Waals surface area (Å²) < 4.78 is 0. The van der Waals surface area contributed by atoms with Gasteiger partial charge in [-0.1, -0.05) is 35.9 Å². The van der Waals surface area contributed by atoms with Crippen LogP contribution < -0.4 is 0 Å².